The Morgan fingerprint density at radius 2 is 1.61 bits per heavy atom. The summed E-state index contributed by atoms with van der Waals surface area (Å²) < 4.78 is 5.39. The van der Waals surface area contributed by atoms with E-state index in [0.29, 0.717) is 10.0 Å². The average molecular weight is 557 g/mol. The Balaban J connectivity index is 0.000000376. The van der Waals surface area contributed by atoms with Gasteiger partial charge < -0.3 is 15.6 Å². The minimum absolute atomic E-state index is 0.264. The van der Waals surface area contributed by atoms with Crippen molar-refractivity contribution in [2.75, 3.05) is 6.26 Å². The highest BCUT2D eigenvalue weighted by molar-refractivity contribution is 7.99. The van der Waals surface area contributed by atoms with Crippen molar-refractivity contribution < 1.29 is 19.4 Å². The molecule has 3 rings (SSSR count). The van der Waals surface area contributed by atoms with Crippen molar-refractivity contribution in [2.24, 2.45) is 11.7 Å². The monoisotopic (exact) mass is 555 g/mol. The number of nitrogens with two attached hydrogens (primary N) is 1. The van der Waals surface area contributed by atoms with Gasteiger partial charge in [-0.25, -0.2) is 4.79 Å². The zero-order valence-corrected chi connectivity index (χ0v) is 24.1. The van der Waals surface area contributed by atoms with E-state index >= 15 is 0 Å². The SMILES string of the molecule is CC(C)(c1cccc(Cl)c1)C(OC(N)=O)c1cccc(Cl)c1.CC1CCCCC1.CSC(C)C(=O)O. The molecule has 1 saturated carbocycles. The number of aliphatic carboxylic acids is 1. The van der Waals surface area contributed by atoms with E-state index in [1.165, 1.54) is 43.9 Å². The summed E-state index contributed by atoms with van der Waals surface area (Å²) in [6, 6.07) is 14.6. The smallest absolute Gasteiger partial charge is 0.405 e. The Hall–Kier alpha value is -1.89. The fourth-order valence-corrected chi connectivity index (χ4v) is 4.46. The summed E-state index contributed by atoms with van der Waals surface area (Å²) >= 11 is 13.5. The van der Waals surface area contributed by atoms with Crippen LogP contribution in [0.3, 0.4) is 0 Å². The third-order valence-electron chi connectivity index (χ3n) is 6.20. The average Bonchev–Trinajstić information content (AvgIpc) is 2.83. The first-order valence-corrected chi connectivity index (χ1v) is 14.2. The van der Waals surface area contributed by atoms with Gasteiger partial charge in [-0.05, 0) is 54.5 Å². The molecule has 2 atom stereocenters. The number of carboxylic acids is 1. The molecule has 8 heteroatoms. The molecular formula is C28H39Cl2NO4S. The molecule has 0 spiro atoms. The maximum absolute atomic E-state index is 11.4. The molecule has 36 heavy (non-hydrogen) atoms. The molecule has 3 N–H and O–H groups in total. The van der Waals surface area contributed by atoms with Crippen LogP contribution in [0, 0.1) is 5.92 Å². The van der Waals surface area contributed by atoms with Gasteiger partial charge in [-0.3, -0.25) is 4.79 Å². The van der Waals surface area contributed by atoms with Crippen molar-refractivity contribution in [1.82, 2.24) is 0 Å². The summed E-state index contributed by atoms with van der Waals surface area (Å²) in [5, 5.41) is 9.08. The Bertz CT molecular complexity index is 964. The summed E-state index contributed by atoms with van der Waals surface area (Å²) in [6.07, 6.45) is 7.80. The quantitative estimate of drug-likeness (QED) is 0.372. The van der Waals surface area contributed by atoms with Crippen molar-refractivity contribution in [3.8, 4) is 0 Å². The summed E-state index contributed by atoms with van der Waals surface area (Å²) in [4.78, 5) is 21.3. The van der Waals surface area contributed by atoms with Gasteiger partial charge in [-0.15, -0.1) is 0 Å². The maximum atomic E-state index is 11.4. The van der Waals surface area contributed by atoms with E-state index < -0.39 is 23.6 Å². The first-order valence-electron chi connectivity index (χ1n) is 12.1. The van der Waals surface area contributed by atoms with Crippen molar-refractivity contribution in [3.05, 3.63) is 69.7 Å². The van der Waals surface area contributed by atoms with Gasteiger partial charge in [0.25, 0.3) is 0 Å². The molecule has 1 aliphatic rings. The number of thioether (sulfide) groups is 1. The molecule has 2 unspecified atom stereocenters. The molecule has 2 aromatic carbocycles. The molecule has 1 aliphatic carbocycles. The Morgan fingerprint density at radius 1 is 1.06 bits per heavy atom. The molecule has 0 radical (unpaired) electrons. The molecule has 0 aliphatic heterocycles. The number of carbonyl (C=O) groups is 2. The fourth-order valence-electron chi connectivity index (χ4n) is 3.87. The second-order valence-electron chi connectivity index (χ2n) is 9.56. The minimum Gasteiger partial charge on any atom is -0.480 e. The number of halogens is 2. The predicted octanol–water partition coefficient (Wildman–Crippen LogP) is 8.52. The van der Waals surface area contributed by atoms with Crippen LogP contribution in [0.25, 0.3) is 0 Å². The lowest BCUT2D eigenvalue weighted by atomic mass is 9.76. The van der Waals surface area contributed by atoms with Crippen molar-refractivity contribution >= 4 is 47.0 Å². The van der Waals surface area contributed by atoms with Crippen LogP contribution in [-0.4, -0.2) is 28.7 Å². The summed E-state index contributed by atoms with van der Waals surface area (Å²) in [5.41, 5.74) is 6.43. The first-order chi connectivity index (χ1) is 16.9. The van der Waals surface area contributed by atoms with E-state index in [4.69, 9.17) is 38.8 Å². The Morgan fingerprint density at radius 3 is 2.00 bits per heavy atom. The summed E-state index contributed by atoms with van der Waals surface area (Å²) in [6.45, 7) is 7.95. The highest BCUT2D eigenvalue weighted by atomic mass is 35.5. The van der Waals surface area contributed by atoms with Crippen LogP contribution >= 0.6 is 35.0 Å². The summed E-state index contributed by atoms with van der Waals surface area (Å²) in [5.74, 6) is 0.293. The lowest BCUT2D eigenvalue weighted by molar-refractivity contribution is -0.136. The first kappa shape index (κ1) is 32.1. The van der Waals surface area contributed by atoms with Gasteiger partial charge >= 0.3 is 12.1 Å². The van der Waals surface area contributed by atoms with Gasteiger partial charge in [0.2, 0.25) is 0 Å². The van der Waals surface area contributed by atoms with E-state index in [9.17, 15) is 9.59 Å². The molecule has 0 aromatic heterocycles. The van der Waals surface area contributed by atoms with Gasteiger partial charge in [0.05, 0.1) is 5.25 Å². The predicted molar refractivity (Wildman–Crippen MR) is 152 cm³/mol. The van der Waals surface area contributed by atoms with Crippen LogP contribution < -0.4 is 5.73 Å². The van der Waals surface area contributed by atoms with Gasteiger partial charge in [-0.1, -0.05) is 100 Å². The molecule has 1 fully saturated rings. The van der Waals surface area contributed by atoms with Gasteiger partial charge in [0, 0.05) is 15.5 Å². The van der Waals surface area contributed by atoms with Crippen molar-refractivity contribution in [3.63, 3.8) is 0 Å². The summed E-state index contributed by atoms with van der Waals surface area (Å²) in [7, 11) is 0. The normalized spacial score (nSPS) is 15.3. The number of ether oxygens (including phenoxy) is 1. The highest BCUT2D eigenvalue weighted by Gasteiger charge is 2.35. The van der Waals surface area contributed by atoms with Gasteiger partial charge in [-0.2, -0.15) is 11.8 Å². The Kier molecular flexibility index (Phi) is 14.3. The van der Waals surface area contributed by atoms with Gasteiger partial charge in [0.1, 0.15) is 6.10 Å². The topological polar surface area (TPSA) is 89.6 Å². The van der Waals surface area contributed by atoms with E-state index in [1.54, 1.807) is 31.4 Å². The molecule has 0 saturated heterocycles. The van der Waals surface area contributed by atoms with Crippen LogP contribution in [-0.2, 0) is 14.9 Å². The van der Waals surface area contributed by atoms with Crippen LogP contribution in [0.4, 0.5) is 4.79 Å². The van der Waals surface area contributed by atoms with Crippen LogP contribution in [0.2, 0.25) is 10.0 Å². The van der Waals surface area contributed by atoms with Crippen LogP contribution in [0.5, 0.6) is 0 Å². The third kappa shape index (κ3) is 11.4. The minimum atomic E-state index is -0.833. The number of primary amides is 1. The van der Waals surface area contributed by atoms with Crippen molar-refractivity contribution in [2.45, 2.75) is 76.6 Å². The third-order valence-corrected chi connectivity index (χ3v) is 7.58. The van der Waals surface area contributed by atoms with Crippen LogP contribution in [0.15, 0.2) is 48.5 Å². The molecule has 200 valence electrons. The fraction of sp³-hybridized carbons (Fsp3) is 0.500. The van der Waals surface area contributed by atoms with E-state index in [-0.39, 0.29) is 5.25 Å². The molecule has 1 amide bonds. The maximum Gasteiger partial charge on any atom is 0.405 e. The molecule has 5 nitrogen and oxygen atoms in total. The molecule has 0 heterocycles. The number of rotatable bonds is 6. The number of hydrogen-bond acceptors (Lipinski definition) is 4. The van der Waals surface area contributed by atoms with E-state index in [2.05, 4.69) is 6.92 Å². The highest BCUT2D eigenvalue weighted by Crippen LogP contribution is 2.40. The van der Waals surface area contributed by atoms with E-state index in [1.807, 2.05) is 44.2 Å². The standard InChI is InChI=1S/C17H17Cl2NO2.C7H14.C4H8O2S/c1-17(2,12-6-4-8-14(19)10-12)15(22-16(20)21)11-5-3-7-13(18)9-11;1-7-5-3-2-4-6-7;1-3(7-2)4(5)6/h3-10,15H,1-2H3,(H2,20,21);7H,2-6H2,1H3;3H,1-2H3,(H,5,6). The van der Waals surface area contributed by atoms with Crippen LogP contribution in [0.1, 0.15) is 77.0 Å². The lowest BCUT2D eigenvalue weighted by Crippen LogP contribution is -2.32. The number of amides is 1. The van der Waals surface area contributed by atoms with Crippen molar-refractivity contribution in [1.29, 1.82) is 0 Å². The Labute approximate surface area is 230 Å². The molecular weight excluding hydrogens is 517 g/mol. The molecule has 2 aromatic rings. The number of carbonyl (C=O) groups excluding carboxylic acids is 1. The number of hydrogen-bond donors (Lipinski definition) is 2. The second-order valence-corrected chi connectivity index (χ2v) is 11.6. The van der Waals surface area contributed by atoms with E-state index in [0.717, 1.165) is 17.0 Å². The largest absolute Gasteiger partial charge is 0.480 e. The lowest BCUT2D eigenvalue weighted by Gasteiger charge is -2.34. The number of benzene rings is 2. The number of carboxylic acid groups (broad SMARTS) is 1. The van der Waals surface area contributed by atoms with Gasteiger partial charge in [0.15, 0.2) is 0 Å². The zero-order valence-electron chi connectivity index (χ0n) is 21.8. The zero-order chi connectivity index (χ0) is 27.3. The molecule has 0 bridgehead atoms. The second kappa shape index (κ2) is 16.1.